The van der Waals surface area contributed by atoms with Gasteiger partial charge in [-0.1, -0.05) is 24.3 Å². The molecule has 0 amide bonds. The summed E-state index contributed by atoms with van der Waals surface area (Å²) in [5.41, 5.74) is 0. The number of aliphatic hydroxyl groups excluding tert-OH is 4. The van der Waals surface area contributed by atoms with Gasteiger partial charge in [0, 0.05) is 0 Å². The number of benzene rings is 2. The first-order chi connectivity index (χ1) is 13.2. The molecule has 3 rings (SSSR count). The largest absolute Gasteiger partial charge is 0.505 e. The van der Waals surface area contributed by atoms with Crippen LogP contribution in [0.4, 0.5) is 0 Å². The smallest absolute Gasteiger partial charge is 0.377 e. The van der Waals surface area contributed by atoms with Gasteiger partial charge in [0.25, 0.3) is 0 Å². The van der Waals surface area contributed by atoms with E-state index in [4.69, 9.17) is 40.9 Å². The minimum atomic E-state index is -1.42. The minimum Gasteiger partial charge on any atom is -0.505 e. The van der Waals surface area contributed by atoms with E-state index in [1.165, 1.54) is 24.3 Å². The number of hydrogen-bond donors (Lipinski definition) is 8. The standard InChI is InChI=1S/C6H8O6.2C6H6O2/c7-1-2(8)5-3(9)4(10)6(11)12-5;2*7-5-3-1-2-4-6(5)8/h2,5,7-10H,1H2;2*1-4,7-8H/t2-,5+;;/m0../s1. The second kappa shape index (κ2) is 10.5. The van der Waals surface area contributed by atoms with E-state index in [9.17, 15) is 4.79 Å². The summed E-state index contributed by atoms with van der Waals surface area (Å²) in [6.07, 6.45) is -2.78. The highest BCUT2D eigenvalue weighted by molar-refractivity contribution is 5.89. The maximum absolute atomic E-state index is 10.5. The van der Waals surface area contributed by atoms with E-state index in [0.29, 0.717) is 0 Å². The number of phenolic OH excluding ortho intramolecular Hbond substituents is 4. The molecule has 0 bridgehead atoms. The molecule has 1 aliphatic heterocycles. The summed E-state index contributed by atoms with van der Waals surface area (Å²) >= 11 is 0. The van der Waals surface area contributed by atoms with E-state index in [0.717, 1.165) is 0 Å². The number of para-hydroxylation sites is 4. The van der Waals surface area contributed by atoms with Gasteiger partial charge in [-0.3, -0.25) is 0 Å². The van der Waals surface area contributed by atoms with E-state index in [2.05, 4.69) is 4.74 Å². The normalized spacial score (nSPS) is 16.2. The summed E-state index contributed by atoms with van der Waals surface area (Å²) < 4.78 is 4.32. The Morgan fingerprint density at radius 3 is 1.36 bits per heavy atom. The summed E-state index contributed by atoms with van der Waals surface area (Å²) in [5.74, 6) is -3.08. The molecule has 2 atom stereocenters. The Morgan fingerprint density at radius 1 is 0.786 bits per heavy atom. The van der Waals surface area contributed by atoms with Crippen molar-refractivity contribution in [2.45, 2.75) is 12.2 Å². The number of hydrogen-bond acceptors (Lipinski definition) is 10. The van der Waals surface area contributed by atoms with Crippen molar-refractivity contribution >= 4 is 5.97 Å². The SMILES string of the molecule is O=C1O[C@H]([C@@H](O)CO)C(O)=C1O.Oc1ccccc1O.Oc1ccccc1O. The van der Waals surface area contributed by atoms with Crippen LogP contribution >= 0.6 is 0 Å². The molecule has 2 aromatic rings. The quantitative estimate of drug-likeness (QED) is 0.266. The maximum Gasteiger partial charge on any atom is 0.377 e. The predicted octanol–water partition coefficient (Wildman–Crippen LogP) is 0.788. The van der Waals surface area contributed by atoms with Crippen LogP contribution < -0.4 is 0 Å². The molecule has 10 heteroatoms. The lowest BCUT2D eigenvalue weighted by Gasteiger charge is -2.13. The molecule has 0 saturated carbocycles. The van der Waals surface area contributed by atoms with Gasteiger partial charge < -0.3 is 45.6 Å². The van der Waals surface area contributed by atoms with Gasteiger partial charge in [-0.2, -0.15) is 0 Å². The second-order valence-corrected chi connectivity index (χ2v) is 5.29. The van der Waals surface area contributed by atoms with Crippen LogP contribution in [-0.4, -0.2) is 65.6 Å². The Morgan fingerprint density at radius 2 is 1.14 bits per heavy atom. The highest BCUT2D eigenvalue weighted by Crippen LogP contribution is 2.22. The molecule has 10 nitrogen and oxygen atoms in total. The van der Waals surface area contributed by atoms with Crippen molar-refractivity contribution in [2.75, 3.05) is 6.61 Å². The lowest BCUT2D eigenvalue weighted by atomic mass is 10.2. The molecule has 2 aromatic carbocycles. The van der Waals surface area contributed by atoms with Crippen LogP contribution in [0.15, 0.2) is 60.0 Å². The maximum atomic E-state index is 10.5. The van der Waals surface area contributed by atoms with Crippen molar-refractivity contribution in [2.24, 2.45) is 0 Å². The zero-order chi connectivity index (χ0) is 21.3. The van der Waals surface area contributed by atoms with Gasteiger partial charge in [-0.15, -0.1) is 0 Å². The van der Waals surface area contributed by atoms with Crippen molar-refractivity contribution in [1.29, 1.82) is 0 Å². The Hall–Kier alpha value is -3.63. The third-order valence-electron chi connectivity index (χ3n) is 3.24. The molecule has 0 aliphatic carbocycles. The first-order valence-electron chi connectivity index (χ1n) is 7.74. The predicted molar refractivity (Wildman–Crippen MR) is 94.8 cm³/mol. The van der Waals surface area contributed by atoms with Gasteiger partial charge in [-0.25, -0.2) is 4.79 Å². The van der Waals surface area contributed by atoms with Gasteiger partial charge in [0.1, 0.15) is 6.10 Å². The van der Waals surface area contributed by atoms with Crippen molar-refractivity contribution in [3.8, 4) is 23.0 Å². The van der Waals surface area contributed by atoms with Crippen molar-refractivity contribution in [3.05, 3.63) is 60.0 Å². The van der Waals surface area contributed by atoms with Crippen LogP contribution in [0.5, 0.6) is 23.0 Å². The number of carbonyl (C=O) groups excluding carboxylic acids is 1. The van der Waals surface area contributed by atoms with Crippen LogP contribution in [0.2, 0.25) is 0 Å². The van der Waals surface area contributed by atoms with E-state index in [1.54, 1.807) is 24.3 Å². The molecule has 0 aromatic heterocycles. The third kappa shape index (κ3) is 6.27. The molecule has 8 N–H and O–H groups in total. The lowest BCUT2D eigenvalue weighted by molar-refractivity contribution is -0.147. The van der Waals surface area contributed by atoms with Crippen LogP contribution in [-0.2, 0) is 9.53 Å². The van der Waals surface area contributed by atoms with Gasteiger partial charge in [0.2, 0.25) is 5.76 Å². The number of cyclic esters (lactones) is 1. The fraction of sp³-hybridized carbons (Fsp3) is 0.167. The number of phenols is 4. The van der Waals surface area contributed by atoms with E-state index >= 15 is 0 Å². The molecule has 1 heterocycles. The summed E-state index contributed by atoms with van der Waals surface area (Å²) in [6.45, 7) is -0.671. The second-order valence-electron chi connectivity index (χ2n) is 5.29. The molecule has 0 radical (unpaired) electrons. The monoisotopic (exact) mass is 396 g/mol. The van der Waals surface area contributed by atoms with E-state index < -0.39 is 36.3 Å². The third-order valence-corrected chi connectivity index (χ3v) is 3.24. The summed E-state index contributed by atoms with van der Waals surface area (Å²) in [7, 11) is 0. The molecule has 28 heavy (non-hydrogen) atoms. The van der Waals surface area contributed by atoms with E-state index in [1.807, 2.05) is 0 Å². The summed E-state index contributed by atoms with van der Waals surface area (Å²) in [6, 6.07) is 12.3. The Bertz CT molecular complexity index is 732. The number of aromatic hydroxyl groups is 4. The molecule has 1 aliphatic rings. The first kappa shape index (κ1) is 22.4. The van der Waals surface area contributed by atoms with Crippen molar-refractivity contribution in [1.82, 2.24) is 0 Å². The number of carbonyl (C=O) groups is 1. The zero-order valence-corrected chi connectivity index (χ0v) is 14.4. The minimum absolute atomic E-state index is 0.0764. The average molecular weight is 396 g/mol. The van der Waals surface area contributed by atoms with Gasteiger partial charge in [-0.05, 0) is 24.3 Å². The van der Waals surface area contributed by atoms with Crippen molar-refractivity contribution < 1.29 is 50.4 Å². The van der Waals surface area contributed by atoms with Crippen molar-refractivity contribution in [3.63, 3.8) is 0 Å². The topological polar surface area (TPSA) is 188 Å². The molecular formula is C18H20O10. The van der Waals surface area contributed by atoms with Crippen LogP contribution in [0.3, 0.4) is 0 Å². The summed E-state index contributed by atoms with van der Waals surface area (Å²) in [4.78, 5) is 10.5. The molecule has 0 unspecified atom stereocenters. The fourth-order valence-corrected chi connectivity index (χ4v) is 1.75. The Labute approximate surface area is 159 Å². The summed E-state index contributed by atoms with van der Waals surface area (Å²) in [5, 5.41) is 69.7. The highest BCUT2D eigenvalue weighted by Gasteiger charge is 2.38. The highest BCUT2D eigenvalue weighted by atomic mass is 16.6. The number of ether oxygens (including phenoxy) is 1. The fourth-order valence-electron chi connectivity index (χ4n) is 1.75. The van der Waals surface area contributed by atoms with Crippen LogP contribution in [0.1, 0.15) is 0 Å². The number of aliphatic hydroxyl groups is 4. The molecule has 0 saturated heterocycles. The van der Waals surface area contributed by atoms with E-state index in [-0.39, 0.29) is 23.0 Å². The number of esters is 1. The van der Waals surface area contributed by atoms with Crippen LogP contribution in [0, 0.1) is 0 Å². The number of rotatable bonds is 2. The molecule has 152 valence electrons. The van der Waals surface area contributed by atoms with Gasteiger partial charge >= 0.3 is 5.97 Å². The van der Waals surface area contributed by atoms with Gasteiger partial charge in [0.05, 0.1) is 6.61 Å². The first-order valence-corrected chi connectivity index (χ1v) is 7.74. The molecular weight excluding hydrogens is 376 g/mol. The van der Waals surface area contributed by atoms with Gasteiger partial charge in [0.15, 0.2) is 34.9 Å². The average Bonchev–Trinajstić information content (AvgIpc) is 2.94. The van der Waals surface area contributed by atoms with Crippen LogP contribution in [0.25, 0.3) is 0 Å². The lowest BCUT2D eigenvalue weighted by Crippen LogP contribution is -2.31. The Balaban J connectivity index is 0.000000217. The Kier molecular flexibility index (Phi) is 8.41. The molecule has 0 spiro atoms. The zero-order valence-electron chi connectivity index (χ0n) is 14.4. The molecule has 0 fully saturated rings.